The maximum Gasteiger partial charge on any atom is 0.293 e. The van der Waals surface area contributed by atoms with Crippen LogP contribution < -0.4 is 25.2 Å². The third-order valence-corrected chi connectivity index (χ3v) is 6.44. The van der Waals surface area contributed by atoms with Crippen LogP contribution in [-0.4, -0.2) is 66.0 Å². The summed E-state index contributed by atoms with van der Waals surface area (Å²) in [4.78, 5) is 32.2. The van der Waals surface area contributed by atoms with Crippen LogP contribution in [0.3, 0.4) is 0 Å². The van der Waals surface area contributed by atoms with Gasteiger partial charge < -0.3 is 30.1 Å². The summed E-state index contributed by atoms with van der Waals surface area (Å²) in [7, 11) is 3.84. The van der Waals surface area contributed by atoms with Crippen LogP contribution in [0.25, 0.3) is 0 Å². The Hall–Kier alpha value is -4.18. The van der Waals surface area contributed by atoms with Crippen molar-refractivity contribution in [3.05, 3.63) is 60.1 Å². The van der Waals surface area contributed by atoms with Crippen molar-refractivity contribution in [2.24, 2.45) is 0 Å². The summed E-state index contributed by atoms with van der Waals surface area (Å²) < 4.78 is 5.53. The van der Waals surface area contributed by atoms with Crippen molar-refractivity contribution in [3.63, 3.8) is 0 Å². The van der Waals surface area contributed by atoms with E-state index in [2.05, 4.69) is 57.0 Å². The number of nitrogens with zero attached hydrogens (tertiary/aromatic N) is 6. The standard InChI is InChI=1S/C26H30N8O2/c1-16-12-20(15-27-24(16)34-10-8-32(4)9-11-34)30-26-28-14-17(2)23(31-26)29-19-6-7-22-21(13-19)33(5)25(35)18(3)36-22/h6-7,12-15H,3,8-11H2,1-2,4-5H3,(H2,28,29,30,31). The van der Waals surface area contributed by atoms with Crippen molar-refractivity contribution in [3.8, 4) is 5.75 Å². The monoisotopic (exact) mass is 486 g/mol. The number of rotatable bonds is 5. The predicted octanol–water partition coefficient (Wildman–Crippen LogP) is 3.60. The summed E-state index contributed by atoms with van der Waals surface area (Å²) in [5.74, 6) is 2.55. The summed E-state index contributed by atoms with van der Waals surface area (Å²) >= 11 is 0. The molecular formula is C26H30N8O2. The first-order chi connectivity index (χ1) is 17.3. The van der Waals surface area contributed by atoms with E-state index in [1.165, 1.54) is 4.90 Å². The van der Waals surface area contributed by atoms with E-state index in [1.54, 1.807) is 19.3 Å². The van der Waals surface area contributed by atoms with Gasteiger partial charge in [-0.05, 0) is 50.7 Å². The summed E-state index contributed by atoms with van der Waals surface area (Å²) in [6.07, 6.45) is 3.58. The molecule has 1 amide bonds. The number of amides is 1. The summed E-state index contributed by atoms with van der Waals surface area (Å²) in [5.41, 5.74) is 4.24. The smallest absolute Gasteiger partial charge is 0.293 e. The second-order valence-electron chi connectivity index (χ2n) is 9.20. The Morgan fingerprint density at radius 1 is 0.944 bits per heavy atom. The van der Waals surface area contributed by atoms with Crippen LogP contribution in [-0.2, 0) is 4.79 Å². The van der Waals surface area contributed by atoms with Gasteiger partial charge in [-0.1, -0.05) is 6.58 Å². The number of hydrogen-bond acceptors (Lipinski definition) is 9. The van der Waals surface area contributed by atoms with Crippen molar-refractivity contribution in [1.29, 1.82) is 0 Å². The van der Waals surface area contributed by atoms with Gasteiger partial charge in [-0.25, -0.2) is 9.97 Å². The fraction of sp³-hybridized carbons (Fsp3) is 0.308. The number of carbonyl (C=O) groups is 1. The number of nitrogens with one attached hydrogen (secondary N) is 2. The minimum Gasteiger partial charge on any atom is -0.450 e. The van der Waals surface area contributed by atoms with E-state index in [1.807, 2.05) is 25.3 Å². The number of pyridine rings is 1. The number of likely N-dealkylation sites (N-methyl/N-ethyl adjacent to an activating group) is 2. The van der Waals surface area contributed by atoms with Gasteiger partial charge in [-0.3, -0.25) is 4.79 Å². The molecule has 2 N–H and O–H groups in total. The van der Waals surface area contributed by atoms with E-state index in [0.717, 1.165) is 54.5 Å². The van der Waals surface area contributed by atoms with Crippen molar-refractivity contribution in [2.75, 3.05) is 60.7 Å². The number of carbonyl (C=O) groups excluding carboxylic acids is 1. The molecule has 3 aromatic rings. The van der Waals surface area contributed by atoms with Crippen LogP contribution in [0.5, 0.6) is 5.75 Å². The Morgan fingerprint density at radius 3 is 2.47 bits per heavy atom. The largest absolute Gasteiger partial charge is 0.450 e. The van der Waals surface area contributed by atoms with Gasteiger partial charge >= 0.3 is 0 Å². The number of anilines is 6. The minimum absolute atomic E-state index is 0.106. The van der Waals surface area contributed by atoms with Crippen LogP contribution >= 0.6 is 0 Å². The highest BCUT2D eigenvalue weighted by molar-refractivity contribution is 6.07. The highest BCUT2D eigenvalue weighted by atomic mass is 16.5. The molecule has 2 aliphatic rings. The zero-order valence-corrected chi connectivity index (χ0v) is 21.0. The number of piperazine rings is 1. The molecule has 186 valence electrons. The van der Waals surface area contributed by atoms with Crippen LogP contribution in [0.1, 0.15) is 11.1 Å². The van der Waals surface area contributed by atoms with Crippen LogP contribution in [0.15, 0.2) is 49.0 Å². The van der Waals surface area contributed by atoms with Crippen molar-refractivity contribution in [2.45, 2.75) is 13.8 Å². The predicted molar refractivity (Wildman–Crippen MR) is 142 cm³/mol. The van der Waals surface area contributed by atoms with Crippen LogP contribution in [0, 0.1) is 13.8 Å². The van der Waals surface area contributed by atoms with E-state index in [0.29, 0.717) is 23.2 Å². The number of fused-ring (bicyclic) bond motifs is 1. The molecule has 1 fully saturated rings. The minimum atomic E-state index is -0.271. The lowest BCUT2D eigenvalue weighted by atomic mass is 10.2. The van der Waals surface area contributed by atoms with E-state index in [9.17, 15) is 4.79 Å². The molecule has 4 heterocycles. The molecule has 1 saturated heterocycles. The van der Waals surface area contributed by atoms with Gasteiger partial charge in [0.25, 0.3) is 5.91 Å². The molecule has 36 heavy (non-hydrogen) atoms. The molecule has 0 aliphatic carbocycles. The molecule has 0 saturated carbocycles. The molecule has 5 rings (SSSR count). The first-order valence-corrected chi connectivity index (χ1v) is 11.8. The number of aryl methyl sites for hydroxylation is 2. The highest BCUT2D eigenvalue weighted by Gasteiger charge is 2.26. The van der Waals surface area contributed by atoms with Gasteiger partial charge in [0.15, 0.2) is 11.5 Å². The molecule has 0 unspecified atom stereocenters. The van der Waals surface area contributed by atoms with Gasteiger partial charge in [-0.15, -0.1) is 0 Å². The summed E-state index contributed by atoms with van der Waals surface area (Å²) in [6.45, 7) is 11.7. The average molecular weight is 487 g/mol. The van der Waals surface area contributed by atoms with Crippen LogP contribution in [0.2, 0.25) is 0 Å². The normalized spacial score (nSPS) is 16.0. The van der Waals surface area contributed by atoms with E-state index in [-0.39, 0.29) is 11.7 Å². The van der Waals surface area contributed by atoms with Crippen molar-refractivity contribution >= 4 is 40.6 Å². The van der Waals surface area contributed by atoms with Gasteiger partial charge in [0.1, 0.15) is 11.6 Å². The lowest BCUT2D eigenvalue weighted by Crippen LogP contribution is -2.45. The Labute approximate surface area is 210 Å². The van der Waals surface area contributed by atoms with E-state index < -0.39 is 0 Å². The Bertz CT molecular complexity index is 1330. The molecular weight excluding hydrogens is 456 g/mol. The zero-order valence-electron chi connectivity index (χ0n) is 21.0. The average Bonchev–Trinajstić information content (AvgIpc) is 2.86. The Balaban J connectivity index is 1.32. The van der Waals surface area contributed by atoms with Crippen LogP contribution in [0.4, 0.5) is 34.6 Å². The van der Waals surface area contributed by atoms with Gasteiger partial charge in [0, 0.05) is 50.7 Å². The van der Waals surface area contributed by atoms with Gasteiger partial charge in [0.2, 0.25) is 5.95 Å². The van der Waals surface area contributed by atoms with E-state index in [4.69, 9.17) is 9.72 Å². The second-order valence-corrected chi connectivity index (χ2v) is 9.20. The zero-order chi connectivity index (χ0) is 25.4. The summed E-state index contributed by atoms with van der Waals surface area (Å²) in [6, 6.07) is 7.59. The maximum absolute atomic E-state index is 12.2. The first kappa shape index (κ1) is 23.6. The fourth-order valence-corrected chi connectivity index (χ4v) is 4.30. The maximum atomic E-state index is 12.2. The fourth-order valence-electron chi connectivity index (χ4n) is 4.30. The molecule has 0 radical (unpaired) electrons. The molecule has 2 aliphatic heterocycles. The quantitative estimate of drug-likeness (QED) is 0.524. The molecule has 2 aromatic heterocycles. The number of hydrogen-bond donors (Lipinski definition) is 2. The number of aromatic nitrogens is 3. The third-order valence-electron chi connectivity index (χ3n) is 6.44. The third kappa shape index (κ3) is 4.67. The van der Waals surface area contributed by atoms with Crippen molar-refractivity contribution < 1.29 is 9.53 Å². The van der Waals surface area contributed by atoms with Gasteiger partial charge in [-0.2, -0.15) is 4.98 Å². The first-order valence-electron chi connectivity index (χ1n) is 11.8. The molecule has 1 aromatic carbocycles. The number of ether oxygens (including phenoxy) is 1. The summed E-state index contributed by atoms with van der Waals surface area (Å²) in [5, 5.41) is 6.60. The topological polar surface area (TPSA) is 98.8 Å². The SMILES string of the molecule is C=C1Oc2ccc(Nc3nc(Nc4cnc(N5CCN(C)CC5)c(C)c4)ncc3C)cc2N(C)C1=O. The lowest BCUT2D eigenvalue weighted by Gasteiger charge is -2.34. The Morgan fingerprint density at radius 2 is 1.72 bits per heavy atom. The van der Waals surface area contributed by atoms with Gasteiger partial charge in [0.05, 0.1) is 17.6 Å². The molecule has 0 spiro atoms. The molecule has 10 heteroatoms. The number of benzene rings is 1. The molecule has 10 nitrogen and oxygen atoms in total. The van der Waals surface area contributed by atoms with E-state index >= 15 is 0 Å². The molecule has 0 bridgehead atoms. The molecule has 0 atom stereocenters. The highest BCUT2D eigenvalue weighted by Crippen LogP contribution is 2.37. The Kier molecular flexibility index (Phi) is 6.19. The second kappa shape index (κ2) is 9.46. The lowest BCUT2D eigenvalue weighted by molar-refractivity contribution is -0.117. The van der Waals surface area contributed by atoms with Crippen molar-refractivity contribution in [1.82, 2.24) is 19.9 Å².